The summed E-state index contributed by atoms with van der Waals surface area (Å²) in [5.41, 5.74) is 5.30. The van der Waals surface area contributed by atoms with Crippen LogP contribution in [0.5, 0.6) is 0 Å². The molecule has 4 fully saturated rings. The summed E-state index contributed by atoms with van der Waals surface area (Å²) in [4.78, 5) is 85.4. The molecule has 3 saturated heterocycles. The lowest BCUT2D eigenvalue weighted by molar-refractivity contribution is -0.145. The topological polar surface area (TPSA) is 179 Å². The molecule has 1 aromatic heterocycles. The number of nitrogens with one attached hydrogen (secondary N) is 2. The zero-order chi connectivity index (χ0) is 40.1. The van der Waals surface area contributed by atoms with Crippen molar-refractivity contribution in [3.8, 4) is 0 Å². The van der Waals surface area contributed by atoms with Gasteiger partial charge in [-0.25, -0.2) is 8.78 Å². The van der Waals surface area contributed by atoms with Crippen LogP contribution in [0.2, 0.25) is 0 Å². The van der Waals surface area contributed by atoms with Gasteiger partial charge in [0.05, 0.1) is 17.0 Å². The van der Waals surface area contributed by atoms with Crippen LogP contribution in [0, 0.1) is 11.8 Å². The highest BCUT2D eigenvalue weighted by Crippen LogP contribution is 2.36. The minimum Gasteiger partial charge on any atom is -0.393 e. The van der Waals surface area contributed by atoms with Crippen molar-refractivity contribution in [3.05, 3.63) is 34.7 Å². The van der Waals surface area contributed by atoms with Gasteiger partial charge >= 0.3 is 0 Å². The molecule has 12 nitrogen and oxygen atoms in total. The van der Waals surface area contributed by atoms with E-state index in [0.29, 0.717) is 29.6 Å². The first-order chi connectivity index (χ1) is 26.7. The summed E-state index contributed by atoms with van der Waals surface area (Å²) in [6, 6.07) is 1.98. The third kappa shape index (κ3) is 9.93. The Kier molecular flexibility index (Phi) is 13.4. The number of Topliss-reactive ketones (excluding diaryl/α,β-unsaturated/α-hetero) is 1. The van der Waals surface area contributed by atoms with Crippen LogP contribution in [0.4, 0.5) is 8.78 Å². The molecule has 4 heterocycles. The van der Waals surface area contributed by atoms with E-state index < -0.39 is 65.7 Å². The normalized spacial score (nSPS) is 24.8. The van der Waals surface area contributed by atoms with E-state index in [2.05, 4.69) is 10.6 Å². The Bertz CT molecular complexity index is 1790. The Labute approximate surface area is 330 Å². The molecule has 5 N–H and O–H groups in total. The first-order valence-electron chi connectivity index (χ1n) is 20.3. The predicted molar refractivity (Wildman–Crippen MR) is 207 cm³/mol. The molecule has 6 atom stereocenters. The molecular weight excluding hydrogens is 745 g/mol. The van der Waals surface area contributed by atoms with E-state index >= 15 is 0 Å². The summed E-state index contributed by atoms with van der Waals surface area (Å²) < 4.78 is 28.6. The van der Waals surface area contributed by atoms with Crippen LogP contribution >= 0.6 is 11.3 Å². The lowest BCUT2D eigenvalue weighted by atomic mass is 9.76. The van der Waals surface area contributed by atoms with E-state index in [9.17, 15) is 42.7 Å². The minimum atomic E-state index is -3.06. The Hall–Kier alpha value is -3.98. The number of benzene rings is 1. The number of aliphatic hydroxyl groups excluding tert-OH is 1. The summed E-state index contributed by atoms with van der Waals surface area (Å²) in [7, 11) is 0. The first kappa shape index (κ1) is 41.6. The monoisotopic (exact) mass is 799 g/mol. The summed E-state index contributed by atoms with van der Waals surface area (Å²) in [6.45, 7) is 2.12. The van der Waals surface area contributed by atoms with E-state index in [1.807, 2.05) is 4.90 Å². The highest BCUT2D eigenvalue weighted by molar-refractivity contribution is 7.20. The van der Waals surface area contributed by atoms with Gasteiger partial charge in [0.1, 0.15) is 12.1 Å². The number of alkyl halides is 2. The summed E-state index contributed by atoms with van der Waals surface area (Å²) >= 11 is 1.10. The molecule has 306 valence electrons. The maximum atomic E-state index is 14.3. The number of hydrogen-bond donors (Lipinski definition) is 4. The number of thiophene rings is 1. The van der Waals surface area contributed by atoms with E-state index in [1.165, 1.54) is 29.2 Å². The molecule has 0 unspecified atom stereocenters. The van der Waals surface area contributed by atoms with Crippen molar-refractivity contribution < 1.29 is 42.7 Å². The van der Waals surface area contributed by atoms with Gasteiger partial charge in [0, 0.05) is 55.1 Å². The van der Waals surface area contributed by atoms with Crippen molar-refractivity contribution in [2.75, 3.05) is 13.1 Å². The summed E-state index contributed by atoms with van der Waals surface area (Å²) in [5.74, 6) is -6.21. The zero-order valence-corrected chi connectivity index (χ0v) is 32.9. The standard InChI is InChI=1S/C41H55F2N5O7S/c1-41(42,43)26-10-16-34-25(20-26)21-35(56-34)38(53)46-31-13-12-28(49)22-27-11-15-32(48(27)40(31)55)37(52)45-30(14-17-36(44)51)33(50)23-29(24-8-4-2-5-9-24)39(54)47-18-6-3-7-19-47/h10,16,20-21,24,27-32,49H,2-9,11-15,17-19,22-23H2,1H3,(H2,44,51)(H,45,52)(H,46,53)/t27-,28-,29+,30+,31+,32+/m1/s1. The maximum Gasteiger partial charge on any atom is 0.270 e. The number of carbonyl (C=O) groups is 6. The molecule has 15 heteroatoms. The Balaban J connectivity index is 1.18. The van der Waals surface area contributed by atoms with Crippen LogP contribution in [0.15, 0.2) is 24.3 Å². The lowest BCUT2D eigenvalue weighted by Crippen LogP contribution is -2.58. The van der Waals surface area contributed by atoms with Crippen molar-refractivity contribution in [1.82, 2.24) is 20.4 Å². The molecule has 0 bridgehead atoms. The minimum absolute atomic E-state index is 0.0238. The number of fused-ring (bicyclic) bond motifs is 2. The van der Waals surface area contributed by atoms with Gasteiger partial charge in [0.2, 0.25) is 23.6 Å². The Morgan fingerprint density at radius 1 is 0.964 bits per heavy atom. The van der Waals surface area contributed by atoms with Crippen molar-refractivity contribution in [2.45, 2.75) is 146 Å². The predicted octanol–water partition coefficient (Wildman–Crippen LogP) is 4.93. The van der Waals surface area contributed by atoms with E-state index in [4.69, 9.17) is 5.73 Å². The zero-order valence-electron chi connectivity index (χ0n) is 32.1. The average Bonchev–Trinajstić information content (AvgIpc) is 3.80. The number of nitrogens with zero attached hydrogens (tertiary/aromatic N) is 2. The van der Waals surface area contributed by atoms with Crippen LogP contribution < -0.4 is 16.4 Å². The Morgan fingerprint density at radius 3 is 2.38 bits per heavy atom. The molecule has 1 aromatic carbocycles. The molecule has 5 amide bonds. The molecule has 1 saturated carbocycles. The number of amides is 5. The third-order valence-corrected chi connectivity index (χ3v) is 13.4. The first-order valence-corrected chi connectivity index (χ1v) is 21.1. The second kappa shape index (κ2) is 18.1. The SMILES string of the molecule is CC(F)(F)c1ccc2sc(C(=O)N[C@H]3CC[C@@H](O)C[C@H]4CC[C@@H](C(=O)N[C@@H](CCC(N)=O)C(=O)C[C@H](C(=O)N5CCCCC5)C5CCCCC5)N4C3=O)cc2c1. The van der Waals surface area contributed by atoms with Gasteiger partial charge in [-0.1, -0.05) is 25.3 Å². The molecule has 4 aliphatic rings. The van der Waals surface area contributed by atoms with Crippen LogP contribution in [0.25, 0.3) is 10.1 Å². The molecule has 3 aliphatic heterocycles. The summed E-state index contributed by atoms with van der Waals surface area (Å²) in [6.07, 6.45) is 7.81. The fourth-order valence-corrected chi connectivity index (χ4v) is 10.1. The second-order valence-electron chi connectivity index (χ2n) is 16.4. The van der Waals surface area contributed by atoms with Gasteiger partial charge in [0.25, 0.3) is 11.8 Å². The smallest absolute Gasteiger partial charge is 0.270 e. The highest BCUT2D eigenvalue weighted by Gasteiger charge is 2.46. The fourth-order valence-electron chi connectivity index (χ4n) is 9.16. The maximum absolute atomic E-state index is 14.3. The molecule has 0 spiro atoms. The van der Waals surface area contributed by atoms with Crippen molar-refractivity contribution in [2.24, 2.45) is 17.6 Å². The van der Waals surface area contributed by atoms with Gasteiger partial charge in [-0.3, -0.25) is 28.8 Å². The van der Waals surface area contributed by atoms with E-state index in [1.54, 1.807) is 0 Å². The van der Waals surface area contributed by atoms with Crippen LogP contribution in [0.1, 0.15) is 125 Å². The van der Waals surface area contributed by atoms with Crippen LogP contribution in [-0.4, -0.2) is 93.6 Å². The number of rotatable bonds is 13. The van der Waals surface area contributed by atoms with E-state index in [-0.39, 0.29) is 73.0 Å². The van der Waals surface area contributed by atoms with Gasteiger partial charge in [0.15, 0.2) is 5.78 Å². The van der Waals surface area contributed by atoms with Gasteiger partial charge in [-0.2, -0.15) is 0 Å². The number of piperidine rings is 1. The van der Waals surface area contributed by atoms with Gasteiger partial charge < -0.3 is 31.3 Å². The summed E-state index contributed by atoms with van der Waals surface area (Å²) in [5, 5.41) is 17.0. The molecule has 56 heavy (non-hydrogen) atoms. The number of ketones is 1. The molecular formula is C41H55F2N5O7S. The second-order valence-corrected chi connectivity index (χ2v) is 17.4. The number of likely N-dealkylation sites (tertiary alicyclic amines) is 1. The van der Waals surface area contributed by atoms with Crippen molar-refractivity contribution in [3.63, 3.8) is 0 Å². The number of aliphatic hydroxyl groups is 1. The molecule has 6 rings (SSSR count). The van der Waals surface area contributed by atoms with Crippen LogP contribution in [0.3, 0.4) is 0 Å². The highest BCUT2D eigenvalue weighted by atomic mass is 32.1. The van der Waals surface area contributed by atoms with Gasteiger partial charge in [-0.15, -0.1) is 11.3 Å². The molecule has 1 aliphatic carbocycles. The number of nitrogens with two attached hydrogens (primary N) is 1. The lowest BCUT2D eigenvalue weighted by Gasteiger charge is -2.37. The van der Waals surface area contributed by atoms with Crippen molar-refractivity contribution >= 4 is 56.7 Å². The molecule has 2 aromatic rings. The number of halogens is 2. The number of carbonyl (C=O) groups excluding carboxylic acids is 6. The number of primary amides is 1. The fraction of sp³-hybridized carbons (Fsp3) is 0.659. The number of hydrogen-bond acceptors (Lipinski definition) is 8. The van der Waals surface area contributed by atoms with Gasteiger partial charge in [-0.05, 0) is 100 Å². The van der Waals surface area contributed by atoms with E-state index in [0.717, 1.165) is 69.6 Å². The average molecular weight is 800 g/mol. The Morgan fingerprint density at radius 2 is 1.68 bits per heavy atom. The van der Waals surface area contributed by atoms with Crippen LogP contribution in [-0.2, 0) is 29.9 Å². The van der Waals surface area contributed by atoms with Crippen molar-refractivity contribution in [1.29, 1.82) is 0 Å². The third-order valence-electron chi connectivity index (χ3n) is 12.3. The largest absolute Gasteiger partial charge is 0.393 e. The molecule has 0 radical (unpaired) electrons. The quantitative estimate of drug-likeness (QED) is 0.222.